The third kappa shape index (κ3) is 15.8. The van der Waals surface area contributed by atoms with Crippen LogP contribution in [0.4, 0.5) is 0 Å². The summed E-state index contributed by atoms with van der Waals surface area (Å²) < 4.78 is 20.8. The van der Waals surface area contributed by atoms with Crippen molar-refractivity contribution >= 4 is 34.4 Å². The summed E-state index contributed by atoms with van der Waals surface area (Å²) in [5.74, 6) is -0.219. The number of carbonyl (C=O) groups excluding carboxylic acids is 1. The zero-order valence-corrected chi connectivity index (χ0v) is 20.8. The minimum Gasteiger partial charge on any atom is -0.469 e. The van der Waals surface area contributed by atoms with Crippen LogP contribution in [-0.4, -0.2) is 31.4 Å². The highest BCUT2D eigenvalue weighted by Gasteiger charge is 2.18. The molecule has 6 atom stereocenters. The highest BCUT2D eigenvalue weighted by molar-refractivity contribution is 7.10. The molecular formula is C21H35O5P3. The Morgan fingerprint density at radius 1 is 0.897 bits per heavy atom. The molecule has 0 heterocycles. The van der Waals surface area contributed by atoms with Crippen LogP contribution in [0.5, 0.6) is 0 Å². The minimum atomic E-state index is -0.236. The maximum Gasteiger partial charge on any atom is 0.305 e. The fraction of sp³-hybridized carbons (Fsp3) is 0.476. The van der Waals surface area contributed by atoms with E-state index in [2.05, 4.69) is 52.2 Å². The monoisotopic (exact) mass is 460 g/mol. The molecule has 29 heavy (non-hydrogen) atoms. The van der Waals surface area contributed by atoms with E-state index >= 15 is 0 Å². The summed E-state index contributed by atoms with van der Waals surface area (Å²) in [5.41, 5.74) is 0. The van der Waals surface area contributed by atoms with E-state index in [0.29, 0.717) is 19.3 Å². The van der Waals surface area contributed by atoms with Crippen LogP contribution >= 0.6 is 28.4 Å². The molecule has 0 aliphatic carbocycles. The van der Waals surface area contributed by atoms with E-state index in [9.17, 15) is 4.79 Å². The molecule has 8 heteroatoms. The van der Waals surface area contributed by atoms with Gasteiger partial charge in [0, 0.05) is 34.8 Å². The van der Waals surface area contributed by atoms with E-state index in [4.69, 9.17) is 13.6 Å². The average molecular weight is 460 g/mol. The normalized spacial score (nSPS) is 15.9. The first-order valence-electron chi connectivity index (χ1n) is 9.59. The van der Waals surface area contributed by atoms with Crippen LogP contribution in [-0.2, 0) is 23.1 Å². The van der Waals surface area contributed by atoms with Crippen LogP contribution in [0.25, 0.3) is 0 Å². The van der Waals surface area contributed by atoms with E-state index in [1.165, 1.54) is 7.11 Å². The Balaban J connectivity index is 4.43. The molecule has 0 aromatic carbocycles. The first-order valence-corrected chi connectivity index (χ1v) is 11.0. The fourth-order valence-corrected chi connectivity index (χ4v) is 3.07. The van der Waals surface area contributed by atoms with E-state index in [1.54, 1.807) is 0 Å². The third-order valence-corrected chi connectivity index (χ3v) is 4.94. The number of esters is 1. The van der Waals surface area contributed by atoms with Crippen molar-refractivity contribution in [3.8, 4) is 0 Å². The predicted octanol–water partition coefficient (Wildman–Crippen LogP) is 5.44. The Bertz CT molecular complexity index is 559. The van der Waals surface area contributed by atoms with E-state index in [-0.39, 0.29) is 24.3 Å². The van der Waals surface area contributed by atoms with Gasteiger partial charge in [0.2, 0.25) is 0 Å². The first-order chi connectivity index (χ1) is 14.1. The standard InChI is InChI=1S/C21H35O5P3/c1-3-4-9-13-18(24-27)14-10-7-5-6-8-11-15-19(25-28)20(26-29)16-12-17-21(22)23-2/h4-11,14-15,18-20H,3,12-13,16-17,27-29H2,1-2H3/b7-5-,8-6+,9-4-,14-10+,15-11+. The predicted molar refractivity (Wildman–Crippen MR) is 130 cm³/mol. The quantitative estimate of drug-likeness (QED) is 0.133. The molecule has 0 spiro atoms. The molecule has 0 saturated carbocycles. The zero-order valence-electron chi connectivity index (χ0n) is 17.3. The lowest BCUT2D eigenvalue weighted by Gasteiger charge is -2.21. The molecule has 0 aliphatic rings. The molecule has 0 fully saturated rings. The van der Waals surface area contributed by atoms with Gasteiger partial charge in [0.05, 0.1) is 19.3 Å². The summed E-state index contributed by atoms with van der Waals surface area (Å²) in [6.45, 7) is 2.11. The van der Waals surface area contributed by atoms with Gasteiger partial charge in [0.25, 0.3) is 0 Å². The van der Waals surface area contributed by atoms with Crippen molar-refractivity contribution in [2.75, 3.05) is 7.11 Å². The molecule has 0 rings (SSSR count). The van der Waals surface area contributed by atoms with Crippen LogP contribution in [0.3, 0.4) is 0 Å². The van der Waals surface area contributed by atoms with Gasteiger partial charge in [-0.05, 0) is 25.7 Å². The molecule has 0 aromatic rings. The van der Waals surface area contributed by atoms with Crippen LogP contribution in [0, 0.1) is 0 Å². The van der Waals surface area contributed by atoms with Gasteiger partial charge >= 0.3 is 5.97 Å². The second-order valence-corrected chi connectivity index (χ2v) is 6.89. The van der Waals surface area contributed by atoms with Crippen LogP contribution in [0.1, 0.15) is 39.0 Å². The summed E-state index contributed by atoms with van der Waals surface area (Å²) in [6, 6.07) is 0. The second-order valence-electron chi connectivity index (χ2n) is 6.07. The van der Waals surface area contributed by atoms with Crippen molar-refractivity contribution in [1.29, 1.82) is 0 Å². The third-order valence-electron chi connectivity index (χ3n) is 3.92. The lowest BCUT2D eigenvalue weighted by Crippen LogP contribution is -2.25. The maximum absolute atomic E-state index is 11.2. The van der Waals surface area contributed by atoms with Gasteiger partial charge in [-0.3, -0.25) is 4.79 Å². The molecule has 164 valence electrons. The largest absolute Gasteiger partial charge is 0.469 e. The van der Waals surface area contributed by atoms with Crippen LogP contribution in [0.15, 0.2) is 60.8 Å². The first kappa shape index (κ1) is 28.3. The Labute approximate surface area is 182 Å². The number of rotatable bonds is 16. The van der Waals surface area contributed by atoms with E-state index in [1.807, 2.05) is 48.6 Å². The summed E-state index contributed by atoms with van der Waals surface area (Å²) in [4.78, 5) is 11.2. The number of allylic oxidation sites excluding steroid dienone is 7. The number of methoxy groups -OCH3 is 1. The van der Waals surface area contributed by atoms with Crippen molar-refractivity contribution in [2.24, 2.45) is 0 Å². The number of hydrogen-bond donors (Lipinski definition) is 0. The van der Waals surface area contributed by atoms with Gasteiger partial charge in [0.1, 0.15) is 6.10 Å². The van der Waals surface area contributed by atoms with Gasteiger partial charge < -0.3 is 18.3 Å². The zero-order chi connectivity index (χ0) is 21.7. The van der Waals surface area contributed by atoms with Crippen molar-refractivity contribution in [2.45, 2.75) is 57.3 Å². The van der Waals surface area contributed by atoms with Crippen molar-refractivity contribution in [3.63, 3.8) is 0 Å². The Hall–Kier alpha value is -0.660. The highest BCUT2D eigenvalue weighted by atomic mass is 31.0. The second kappa shape index (κ2) is 20.6. The van der Waals surface area contributed by atoms with Crippen LogP contribution < -0.4 is 0 Å². The number of hydrogen-bond acceptors (Lipinski definition) is 5. The molecule has 0 amide bonds. The van der Waals surface area contributed by atoms with Gasteiger partial charge in [0.15, 0.2) is 0 Å². The molecule has 5 nitrogen and oxygen atoms in total. The van der Waals surface area contributed by atoms with Crippen molar-refractivity contribution < 1.29 is 23.1 Å². The van der Waals surface area contributed by atoms with Gasteiger partial charge in [-0.2, -0.15) is 0 Å². The van der Waals surface area contributed by atoms with E-state index in [0.717, 1.165) is 12.8 Å². The van der Waals surface area contributed by atoms with Crippen LogP contribution in [0.2, 0.25) is 0 Å². The summed E-state index contributed by atoms with van der Waals surface area (Å²) in [6.07, 6.45) is 23.1. The summed E-state index contributed by atoms with van der Waals surface area (Å²) in [7, 11) is 8.22. The Morgan fingerprint density at radius 2 is 1.55 bits per heavy atom. The van der Waals surface area contributed by atoms with Gasteiger partial charge in [-0.25, -0.2) is 0 Å². The Morgan fingerprint density at radius 3 is 2.10 bits per heavy atom. The topological polar surface area (TPSA) is 54.0 Å². The molecule has 6 unspecified atom stereocenters. The molecule has 0 bridgehead atoms. The van der Waals surface area contributed by atoms with Crippen molar-refractivity contribution in [3.05, 3.63) is 60.8 Å². The summed E-state index contributed by atoms with van der Waals surface area (Å²) in [5, 5.41) is 0. The summed E-state index contributed by atoms with van der Waals surface area (Å²) >= 11 is 0. The Kier molecular flexibility index (Phi) is 20.1. The molecule has 0 radical (unpaired) electrons. The lowest BCUT2D eigenvalue weighted by atomic mass is 10.1. The lowest BCUT2D eigenvalue weighted by molar-refractivity contribution is -0.140. The van der Waals surface area contributed by atoms with Gasteiger partial charge in [-0.1, -0.05) is 67.7 Å². The SMILES string of the molecule is CC/C=C\CC(/C=C/C=C\C=C\C=C\C(OP)C(CCCC(=O)OC)OP)OP. The number of carbonyl (C=O) groups is 1. The fourth-order valence-electron chi connectivity index (χ4n) is 2.31. The minimum absolute atomic E-state index is 0.0549. The average Bonchev–Trinajstić information content (AvgIpc) is 2.74. The van der Waals surface area contributed by atoms with Crippen molar-refractivity contribution in [1.82, 2.24) is 0 Å². The van der Waals surface area contributed by atoms with Gasteiger partial charge in [-0.15, -0.1) is 0 Å². The molecule has 0 saturated heterocycles. The smallest absolute Gasteiger partial charge is 0.305 e. The van der Waals surface area contributed by atoms with E-state index < -0.39 is 0 Å². The number of ether oxygens (including phenoxy) is 1. The molecule has 0 aliphatic heterocycles. The molecular weight excluding hydrogens is 425 g/mol. The highest BCUT2D eigenvalue weighted by Crippen LogP contribution is 2.18. The molecule has 0 N–H and O–H groups in total. The molecule has 0 aromatic heterocycles. The maximum atomic E-state index is 11.2.